The van der Waals surface area contributed by atoms with E-state index in [1.54, 1.807) is 18.0 Å². The summed E-state index contributed by atoms with van der Waals surface area (Å²) in [5.74, 6) is 0.874. The van der Waals surface area contributed by atoms with Gasteiger partial charge in [0.1, 0.15) is 10.7 Å². The zero-order chi connectivity index (χ0) is 13.0. The predicted molar refractivity (Wildman–Crippen MR) is 80.1 cm³/mol. The number of furan rings is 1. The van der Waals surface area contributed by atoms with Gasteiger partial charge >= 0.3 is 0 Å². The number of hydrogen-bond donors (Lipinski definition) is 2. The van der Waals surface area contributed by atoms with Gasteiger partial charge in [0.2, 0.25) is 0 Å². The van der Waals surface area contributed by atoms with Crippen molar-refractivity contribution in [3.8, 4) is 0 Å². The summed E-state index contributed by atoms with van der Waals surface area (Å²) < 4.78 is 5.28. The molecule has 94 valence electrons. The van der Waals surface area contributed by atoms with Gasteiger partial charge in [-0.2, -0.15) is 0 Å². The molecule has 3 nitrogen and oxygen atoms in total. The number of thiocarbonyl (C=S) groups is 1. The second-order valence-electron chi connectivity index (χ2n) is 3.68. The molecule has 0 saturated heterocycles. The van der Waals surface area contributed by atoms with Gasteiger partial charge in [-0.25, -0.2) is 0 Å². The Bertz CT molecular complexity index is 538. The van der Waals surface area contributed by atoms with E-state index >= 15 is 0 Å². The van der Waals surface area contributed by atoms with E-state index in [0.29, 0.717) is 11.5 Å². The highest BCUT2D eigenvalue weighted by atomic mass is 32.2. The van der Waals surface area contributed by atoms with Crippen LogP contribution in [0.25, 0.3) is 0 Å². The minimum absolute atomic E-state index is 0.405. The third kappa shape index (κ3) is 2.86. The van der Waals surface area contributed by atoms with E-state index < -0.39 is 0 Å². The smallest absolute Gasteiger partial charge is 0.122 e. The maximum Gasteiger partial charge on any atom is 0.122 e. The van der Waals surface area contributed by atoms with Crippen LogP contribution >= 0.6 is 24.0 Å². The predicted octanol–water partition coefficient (Wildman–Crippen LogP) is 3.25. The normalized spacial score (nSPS) is 10.3. The monoisotopic (exact) mass is 278 g/mol. The number of thioether (sulfide) groups is 1. The molecule has 0 spiro atoms. The largest absolute Gasteiger partial charge is 0.467 e. The van der Waals surface area contributed by atoms with Crippen molar-refractivity contribution in [1.82, 2.24) is 0 Å². The molecule has 0 bridgehead atoms. The first kappa shape index (κ1) is 13.0. The summed E-state index contributed by atoms with van der Waals surface area (Å²) in [5, 5.41) is 3.30. The van der Waals surface area contributed by atoms with Gasteiger partial charge in [-0.05, 0) is 30.5 Å². The van der Waals surface area contributed by atoms with Crippen molar-refractivity contribution < 1.29 is 4.42 Å². The molecule has 18 heavy (non-hydrogen) atoms. The van der Waals surface area contributed by atoms with E-state index in [1.807, 2.05) is 36.6 Å². The Hall–Kier alpha value is -1.46. The summed E-state index contributed by atoms with van der Waals surface area (Å²) in [4.78, 5) is 1.48. The van der Waals surface area contributed by atoms with Crippen molar-refractivity contribution in [3.63, 3.8) is 0 Å². The zero-order valence-electron chi connectivity index (χ0n) is 9.97. The molecule has 2 aromatic rings. The number of anilines is 1. The van der Waals surface area contributed by atoms with E-state index in [9.17, 15) is 0 Å². The maximum atomic E-state index is 5.79. The molecule has 0 amide bonds. The fourth-order valence-electron chi connectivity index (χ4n) is 1.70. The molecule has 1 aromatic carbocycles. The van der Waals surface area contributed by atoms with Crippen LogP contribution in [-0.4, -0.2) is 11.2 Å². The second-order valence-corrected chi connectivity index (χ2v) is 4.97. The van der Waals surface area contributed by atoms with Gasteiger partial charge in [0.05, 0.1) is 12.8 Å². The summed E-state index contributed by atoms with van der Waals surface area (Å²) >= 11 is 6.75. The van der Waals surface area contributed by atoms with Gasteiger partial charge in [0, 0.05) is 16.1 Å². The molecule has 3 N–H and O–H groups in total. The highest BCUT2D eigenvalue weighted by Gasteiger charge is 2.10. The van der Waals surface area contributed by atoms with Crippen LogP contribution in [0.5, 0.6) is 0 Å². The second kappa shape index (κ2) is 5.93. The van der Waals surface area contributed by atoms with Crippen molar-refractivity contribution in [2.45, 2.75) is 11.4 Å². The van der Waals surface area contributed by atoms with E-state index in [2.05, 4.69) is 5.32 Å². The third-order valence-electron chi connectivity index (χ3n) is 2.53. The molecule has 1 heterocycles. The Morgan fingerprint density at radius 1 is 1.39 bits per heavy atom. The molecule has 0 unspecified atom stereocenters. The molecular weight excluding hydrogens is 264 g/mol. The van der Waals surface area contributed by atoms with Gasteiger partial charge in [-0.1, -0.05) is 18.3 Å². The Balaban J connectivity index is 2.24. The summed E-state index contributed by atoms with van der Waals surface area (Å²) in [5.41, 5.74) is 7.63. The maximum absolute atomic E-state index is 5.79. The lowest BCUT2D eigenvalue weighted by Crippen LogP contribution is -2.14. The lowest BCUT2D eigenvalue weighted by atomic mass is 10.1. The zero-order valence-corrected chi connectivity index (χ0v) is 11.6. The Morgan fingerprint density at radius 3 is 2.83 bits per heavy atom. The van der Waals surface area contributed by atoms with Crippen molar-refractivity contribution in [2.75, 3.05) is 11.6 Å². The van der Waals surface area contributed by atoms with Gasteiger partial charge in [-0.3, -0.25) is 0 Å². The average molecular weight is 278 g/mol. The van der Waals surface area contributed by atoms with Gasteiger partial charge in [0.25, 0.3) is 0 Å². The van der Waals surface area contributed by atoms with Crippen LogP contribution in [0.1, 0.15) is 11.3 Å². The van der Waals surface area contributed by atoms with Crippen LogP contribution in [0, 0.1) is 0 Å². The highest BCUT2D eigenvalue weighted by Crippen LogP contribution is 2.27. The third-order valence-corrected chi connectivity index (χ3v) is 3.51. The molecule has 0 radical (unpaired) electrons. The minimum Gasteiger partial charge on any atom is -0.467 e. The average Bonchev–Trinajstić information content (AvgIpc) is 2.88. The minimum atomic E-state index is 0.405. The van der Waals surface area contributed by atoms with Crippen LogP contribution in [0.2, 0.25) is 0 Å². The Morgan fingerprint density at radius 2 is 2.22 bits per heavy atom. The summed E-state index contributed by atoms with van der Waals surface area (Å²) in [6, 6.07) is 9.75. The summed E-state index contributed by atoms with van der Waals surface area (Å²) in [6.07, 6.45) is 3.66. The lowest BCUT2D eigenvalue weighted by molar-refractivity contribution is 0.518. The molecular formula is C13H14N2OS2. The van der Waals surface area contributed by atoms with Crippen LogP contribution in [0.15, 0.2) is 45.9 Å². The number of hydrogen-bond acceptors (Lipinski definition) is 4. The Kier molecular flexibility index (Phi) is 4.28. The molecule has 0 aliphatic carbocycles. The number of benzene rings is 1. The van der Waals surface area contributed by atoms with Crippen LogP contribution in [0.3, 0.4) is 0 Å². The van der Waals surface area contributed by atoms with E-state index in [1.165, 1.54) is 0 Å². The summed E-state index contributed by atoms with van der Waals surface area (Å²) in [6.45, 7) is 0.612. The quantitative estimate of drug-likeness (QED) is 0.649. The van der Waals surface area contributed by atoms with E-state index in [0.717, 1.165) is 21.9 Å². The van der Waals surface area contributed by atoms with Gasteiger partial charge in [0.15, 0.2) is 0 Å². The fourth-order valence-corrected chi connectivity index (χ4v) is 2.62. The topological polar surface area (TPSA) is 51.2 Å². The SMILES string of the molecule is CSc1cccc(NCc2ccco2)c1C(N)=S. The molecule has 2 rings (SSSR count). The lowest BCUT2D eigenvalue weighted by Gasteiger charge is -2.13. The molecule has 0 atom stereocenters. The molecule has 5 heteroatoms. The van der Waals surface area contributed by atoms with Crippen molar-refractivity contribution in [3.05, 3.63) is 47.9 Å². The number of nitrogens with one attached hydrogen (secondary N) is 1. The van der Waals surface area contributed by atoms with E-state index in [-0.39, 0.29) is 0 Å². The number of nitrogens with two attached hydrogens (primary N) is 1. The van der Waals surface area contributed by atoms with Crippen molar-refractivity contribution in [2.24, 2.45) is 5.73 Å². The van der Waals surface area contributed by atoms with Crippen LogP contribution in [0.4, 0.5) is 5.69 Å². The molecule has 0 fully saturated rings. The van der Waals surface area contributed by atoms with Crippen molar-refractivity contribution >= 4 is 34.7 Å². The van der Waals surface area contributed by atoms with Crippen molar-refractivity contribution in [1.29, 1.82) is 0 Å². The highest BCUT2D eigenvalue weighted by molar-refractivity contribution is 7.98. The standard InChI is InChI=1S/C13H14N2OS2/c1-18-11-6-2-5-10(12(11)13(14)17)15-8-9-4-3-7-16-9/h2-7,15H,8H2,1H3,(H2,14,17). The van der Waals surface area contributed by atoms with Crippen LogP contribution in [-0.2, 0) is 6.54 Å². The molecule has 0 saturated carbocycles. The molecule has 0 aliphatic rings. The number of rotatable bonds is 5. The first-order valence-corrected chi connectivity index (χ1v) is 7.08. The molecule has 1 aromatic heterocycles. The first-order valence-electron chi connectivity index (χ1n) is 5.45. The molecule has 0 aliphatic heterocycles. The fraction of sp³-hybridized carbons (Fsp3) is 0.154. The first-order chi connectivity index (χ1) is 8.72. The van der Waals surface area contributed by atoms with Gasteiger partial charge < -0.3 is 15.5 Å². The Labute approximate surface area is 116 Å². The van der Waals surface area contributed by atoms with E-state index in [4.69, 9.17) is 22.4 Å². The van der Waals surface area contributed by atoms with Crippen LogP contribution < -0.4 is 11.1 Å². The summed E-state index contributed by atoms with van der Waals surface area (Å²) in [7, 11) is 0. The van der Waals surface area contributed by atoms with Gasteiger partial charge in [-0.15, -0.1) is 11.8 Å².